The van der Waals surface area contributed by atoms with Gasteiger partial charge in [0.1, 0.15) is 0 Å². The number of methoxy groups -OCH3 is 2. The normalized spacial score (nSPS) is 19.5. The molecule has 1 unspecified atom stereocenters. The molecule has 1 saturated heterocycles. The molecule has 0 radical (unpaired) electrons. The predicted molar refractivity (Wildman–Crippen MR) is 137 cm³/mol. The van der Waals surface area contributed by atoms with Gasteiger partial charge in [0.15, 0.2) is 16.7 Å². The van der Waals surface area contributed by atoms with Gasteiger partial charge < -0.3 is 14.4 Å². The molecule has 1 fully saturated rings. The van der Waals surface area contributed by atoms with E-state index in [9.17, 15) is 0 Å². The molecule has 0 N–H and O–H groups in total. The van der Waals surface area contributed by atoms with Crippen LogP contribution in [0.3, 0.4) is 0 Å². The van der Waals surface area contributed by atoms with Crippen LogP contribution in [0.15, 0.2) is 76.6 Å². The fraction of sp³-hybridized carbons (Fsp3) is 0.250. The van der Waals surface area contributed by atoms with Crippen molar-refractivity contribution in [3.63, 3.8) is 0 Å². The van der Waals surface area contributed by atoms with Crippen molar-refractivity contribution in [1.29, 1.82) is 0 Å². The summed E-state index contributed by atoms with van der Waals surface area (Å²) in [5.74, 6) is 1.56. The number of aryl methyl sites for hydroxylation is 1. The lowest BCUT2D eigenvalue weighted by atomic mass is 9.91. The van der Waals surface area contributed by atoms with E-state index in [2.05, 4.69) is 78.6 Å². The summed E-state index contributed by atoms with van der Waals surface area (Å²) in [6.45, 7) is 3.73. The van der Waals surface area contributed by atoms with Gasteiger partial charge in [-0.25, -0.2) is 0 Å². The third-order valence-electron chi connectivity index (χ3n) is 6.22. The highest BCUT2D eigenvalue weighted by molar-refractivity contribution is 8.17. The Kier molecular flexibility index (Phi) is 6.14. The minimum atomic E-state index is 0.134. The van der Waals surface area contributed by atoms with Crippen molar-refractivity contribution in [2.45, 2.75) is 25.9 Å². The number of aliphatic imine (C=N–C) groups is 1. The van der Waals surface area contributed by atoms with Gasteiger partial charge in [0, 0.05) is 11.4 Å². The summed E-state index contributed by atoms with van der Waals surface area (Å²) in [6, 6.07) is 23.6. The summed E-state index contributed by atoms with van der Waals surface area (Å²) < 4.78 is 11.2. The maximum absolute atomic E-state index is 5.65. The molecular weight excluding hydrogens is 428 g/mol. The number of ether oxygens (including phenoxy) is 2. The van der Waals surface area contributed by atoms with Crippen LogP contribution >= 0.6 is 11.8 Å². The zero-order valence-electron chi connectivity index (χ0n) is 19.2. The topological polar surface area (TPSA) is 34.1 Å². The SMILES string of the molecule is COc1cc2c(cc1OC)C1/C(=C/c3ccc(C)cc3)SC(=NCc3ccccc3)N1CC2. The summed E-state index contributed by atoms with van der Waals surface area (Å²) in [7, 11) is 3.39. The average molecular weight is 457 g/mol. The number of nitrogens with zero attached hydrogens (tertiary/aromatic N) is 2. The first-order chi connectivity index (χ1) is 16.2. The van der Waals surface area contributed by atoms with Crippen molar-refractivity contribution in [3.05, 3.63) is 99.5 Å². The number of benzene rings is 3. The number of hydrogen-bond acceptors (Lipinski definition) is 4. The van der Waals surface area contributed by atoms with Crippen LogP contribution in [0.5, 0.6) is 11.5 Å². The van der Waals surface area contributed by atoms with E-state index in [1.54, 1.807) is 26.0 Å². The van der Waals surface area contributed by atoms with Gasteiger partial charge in [-0.3, -0.25) is 4.99 Å². The lowest BCUT2D eigenvalue weighted by Gasteiger charge is -2.33. The summed E-state index contributed by atoms with van der Waals surface area (Å²) in [5, 5.41) is 1.09. The van der Waals surface area contributed by atoms with Crippen LogP contribution in [-0.2, 0) is 13.0 Å². The smallest absolute Gasteiger partial charge is 0.165 e. The molecule has 168 valence electrons. The summed E-state index contributed by atoms with van der Waals surface area (Å²) in [5.41, 5.74) is 6.29. The second-order valence-corrected chi connectivity index (χ2v) is 9.44. The fourth-order valence-corrected chi connectivity index (χ4v) is 5.69. The van der Waals surface area contributed by atoms with Gasteiger partial charge >= 0.3 is 0 Å². The molecule has 0 amide bonds. The van der Waals surface area contributed by atoms with E-state index in [0.29, 0.717) is 6.54 Å². The highest BCUT2D eigenvalue weighted by Crippen LogP contribution is 2.50. The molecule has 5 heteroatoms. The third kappa shape index (κ3) is 4.38. The van der Waals surface area contributed by atoms with E-state index in [-0.39, 0.29) is 6.04 Å². The third-order valence-corrected chi connectivity index (χ3v) is 7.35. The number of thioether (sulfide) groups is 1. The molecule has 3 aromatic rings. The van der Waals surface area contributed by atoms with Crippen LogP contribution in [0.25, 0.3) is 6.08 Å². The van der Waals surface area contributed by atoms with E-state index in [4.69, 9.17) is 14.5 Å². The molecule has 3 aromatic carbocycles. The molecule has 4 nitrogen and oxygen atoms in total. The van der Waals surface area contributed by atoms with Crippen molar-refractivity contribution in [2.24, 2.45) is 4.99 Å². The Morgan fingerprint density at radius 2 is 1.73 bits per heavy atom. The average Bonchev–Trinajstić information content (AvgIpc) is 3.21. The summed E-state index contributed by atoms with van der Waals surface area (Å²) >= 11 is 1.79. The lowest BCUT2D eigenvalue weighted by Crippen LogP contribution is -2.34. The Labute approximate surface area is 199 Å². The van der Waals surface area contributed by atoms with Crippen molar-refractivity contribution < 1.29 is 9.47 Å². The molecule has 5 rings (SSSR count). The van der Waals surface area contributed by atoms with Crippen LogP contribution in [0.4, 0.5) is 0 Å². The molecule has 33 heavy (non-hydrogen) atoms. The number of fused-ring (bicyclic) bond motifs is 3. The van der Waals surface area contributed by atoms with Crippen LogP contribution in [0.2, 0.25) is 0 Å². The molecule has 2 heterocycles. The highest BCUT2D eigenvalue weighted by Gasteiger charge is 2.40. The highest BCUT2D eigenvalue weighted by atomic mass is 32.2. The van der Waals surface area contributed by atoms with Crippen LogP contribution < -0.4 is 9.47 Å². The van der Waals surface area contributed by atoms with Crippen molar-refractivity contribution >= 4 is 23.0 Å². The standard InChI is InChI=1S/C28H28N2O2S/c1-19-9-11-20(12-10-19)15-26-27-23-17-25(32-3)24(31-2)16-22(23)13-14-30(27)28(33-26)29-18-21-7-5-4-6-8-21/h4-12,15-17,27H,13-14,18H2,1-3H3/b26-15-,29-28?. The molecule has 0 saturated carbocycles. The predicted octanol–water partition coefficient (Wildman–Crippen LogP) is 6.26. The van der Waals surface area contributed by atoms with Gasteiger partial charge in [0.2, 0.25) is 0 Å². The number of rotatable bonds is 5. The molecule has 0 bridgehead atoms. The van der Waals surface area contributed by atoms with Gasteiger partial charge in [-0.15, -0.1) is 0 Å². The Morgan fingerprint density at radius 3 is 2.45 bits per heavy atom. The molecule has 0 spiro atoms. The minimum absolute atomic E-state index is 0.134. The molecular formula is C28H28N2O2S. The lowest BCUT2D eigenvalue weighted by molar-refractivity contribution is 0.338. The first-order valence-corrected chi connectivity index (χ1v) is 12.0. The monoisotopic (exact) mass is 456 g/mol. The van der Waals surface area contributed by atoms with Crippen LogP contribution in [0.1, 0.15) is 33.9 Å². The maximum Gasteiger partial charge on any atom is 0.165 e. The minimum Gasteiger partial charge on any atom is -0.493 e. The molecule has 1 atom stereocenters. The fourth-order valence-electron chi connectivity index (χ4n) is 4.48. The second-order valence-electron chi connectivity index (χ2n) is 8.40. The van der Waals surface area contributed by atoms with Gasteiger partial charge in [-0.1, -0.05) is 71.9 Å². The second kappa shape index (κ2) is 9.36. The van der Waals surface area contributed by atoms with E-state index < -0.39 is 0 Å². The Bertz CT molecular complexity index is 1200. The van der Waals surface area contributed by atoms with Crippen molar-refractivity contribution in [1.82, 2.24) is 4.90 Å². The van der Waals surface area contributed by atoms with Gasteiger partial charge in [-0.05, 0) is 53.8 Å². The molecule has 0 aliphatic carbocycles. The maximum atomic E-state index is 5.65. The summed E-state index contributed by atoms with van der Waals surface area (Å²) in [4.78, 5) is 8.78. The van der Waals surface area contributed by atoms with Gasteiger partial charge in [0.05, 0.1) is 26.8 Å². The van der Waals surface area contributed by atoms with Gasteiger partial charge in [0.25, 0.3) is 0 Å². The molecule has 2 aliphatic rings. The zero-order chi connectivity index (χ0) is 22.8. The van der Waals surface area contributed by atoms with E-state index >= 15 is 0 Å². The van der Waals surface area contributed by atoms with Crippen molar-refractivity contribution in [2.75, 3.05) is 20.8 Å². The van der Waals surface area contributed by atoms with Crippen LogP contribution in [-0.4, -0.2) is 30.8 Å². The first-order valence-electron chi connectivity index (χ1n) is 11.2. The van der Waals surface area contributed by atoms with E-state index in [1.807, 2.05) is 6.07 Å². The number of amidine groups is 1. The van der Waals surface area contributed by atoms with Crippen LogP contribution in [0, 0.1) is 6.92 Å². The largest absolute Gasteiger partial charge is 0.493 e. The Balaban J connectivity index is 1.57. The number of hydrogen-bond donors (Lipinski definition) is 0. The molecule has 2 aliphatic heterocycles. The zero-order valence-corrected chi connectivity index (χ0v) is 20.1. The molecule has 0 aromatic heterocycles. The van der Waals surface area contributed by atoms with E-state index in [0.717, 1.165) is 29.6 Å². The Hall–Kier alpha value is -3.18. The Morgan fingerprint density at radius 1 is 1.00 bits per heavy atom. The van der Waals surface area contributed by atoms with Gasteiger partial charge in [-0.2, -0.15) is 0 Å². The first kappa shape index (κ1) is 21.7. The van der Waals surface area contributed by atoms with E-state index in [1.165, 1.54) is 32.7 Å². The summed E-state index contributed by atoms with van der Waals surface area (Å²) in [6.07, 6.45) is 3.26. The van der Waals surface area contributed by atoms with Crippen molar-refractivity contribution in [3.8, 4) is 11.5 Å². The quantitative estimate of drug-likeness (QED) is 0.454.